The number of ether oxygens (including phenoxy) is 1. The molecule has 2 nitrogen and oxygen atoms in total. The second-order valence-electron chi connectivity index (χ2n) is 4.05. The molecule has 1 fully saturated rings. The van der Waals surface area contributed by atoms with Crippen LogP contribution in [-0.2, 0) is 4.74 Å². The normalized spacial score (nSPS) is 19.1. The molecule has 0 unspecified atom stereocenters. The summed E-state index contributed by atoms with van der Waals surface area (Å²) in [5, 5.41) is 2.46. The van der Waals surface area contributed by atoms with Gasteiger partial charge in [0.15, 0.2) is 0 Å². The molecular formula is C10H19F2NO. The minimum absolute atomic E-state index is 0.308. The minimum atomic E-state index is -2.73. The molecule has 0 bridgehead atoms. The fourth-order valence-electron chi connectivity index (χ4n) is 1.86. The highest BCUT2D eigenvalue weighted by atomic mass is 19.3. The average Bonchev–Trinajstić information content (AvgIpc) is 2.56. The van der Waals surface area contributed by atoms with Gasteiger partial charge in [0.05, 0.1) is 6.54 Å². The van der Waals surface area contributed by atoms with Crippen LogP contribution in [0.5, 0.6) is 0 Å². The van der Waals surface area contributed by atoms with Crippen LogP contribution in [0.2, 0.25) is 0 Å². The molecule has 14 heavy (non-hydrogen) atoms. The van der Waals surface area contributed by atoms with Gasteiger partial charge in [-0.2, -0.15) is 0 Å². The van der Waals surface area contributed by atoms with Crippen LogP contribution in [0.1, 0.15) is 25.7 Å². The second kappa shape index (κ2) is 5.61. The topological polar surface area (TPSA) is 21.3 Å². The Bertz CT molecular complexity index is 158. The summed E-state index contributed by atoms with van der Waals surface area (Å²) in [5.41, 5.74) is 0. The first-order valence-electron chi connectivity index (χ1n) is 5.24. The van der Waals surface area contributed by atoms with E-state index in [1.165, 1.54) is 19.9 Å². The quantitative estimate of drug-likeness (QED) is 0.719. The monoisotopic (exact) mass is 207 g/mol. The van der Waals surface area contributed by atoms with Gasteiger partial charge in [0.25, 0.3) is 5.92 Å². The SMILES string of the molecule is CNCC(F)(F)COCC1CCCC1. The summed E-state index contributed by atoms with van der Waals surface area (Å²) in [7, 11) is 1.52. The average molecular weight is 207 g/mol. The van der Waals surface area contributed by atoms with E-state index >= 15 is 0 Å². The van der Waals surface area contributed by atoms with Crippen LogP contribution in [0.25, 0.3) is 0 Å². The number of hydrogen-bond donors (Lipinski definition) is 1. The second-order valence-corrected chi connectivity index (χ2v) is 4.05. The standard InChI is InChI=1S/C10H19F2NO/c1-13-7-10(11,12)8-14-6-9-4-2-3-5-9/h9,13H,2-8H2,1H3. The summed E-state index contributed by atoms with van der Waals surface area (Å²) < 4.78 is 30.9. The molecule has 1 saturated carbocycles. The molecular weight excluding hydrogens is 188 g/mol. The Balaban J connectivity index is 2.07. The Labute approximate surface area is 84.0 Å². The number of halogens is 2. The number of hydrogen-bond acceptors (Lipinski definition) is 2. The smallest absolute Gasteiger partial charge is 0.283 e. The summed E-state index contributed by atoms with van der Waals surface area (Å²) >= 11 is 0. The minimum Gasteiger partial charge on any atom is -0.375 e. The Hall–Kier alpha value is -0.220. The van der Waals surface area contributed by atoms with Crippen LogP contribution in [0.3, 0.4) is 0 Å². The molecule has 1 N–H and O–H groups in total. The van der Waals surface area contributed by atoms with Gasteiger partial charge in [0, 0.05) is 6.61 Å². The largest absolute Gasteiger partial charge is 0.375 e. The first-order valence-corrected chi connectivity index (χ1v) is 5.24. The van der Waals surface area contributed by atoms with Crippen LogP contribution < -0.4 is 5.32 Å². The van der Waals surface area contributed by atoms with Crippen LogP contribution in [0.15, 0.2) is 0 Å². The molecule has 0 aromatic heterocycles. The molecule has 1 aliphatic rings. The Morgan fingerprint density at radius 3 is 2.57 bits per heavy atom. The molecule has 0 amide bonds. The predicted octanol–water partition coefficient (Wildman–Crippen LogP) is 2.05. The van der Waals surface area contributed by atoms with Crippen LogP contribution in [0.4, 0.5) is 8.78 Å². The number of nitrogens with one attached hydrogen (secondary N) is 1. The molecule has 84 valence electrons. The molecule has 0 atom stereocenters. The zero-order valence-corrected chi connectivity index (χ0v) is 8.69. The highest BCUT2D eigenvalue weighted by molar-refractivity contribution is 4.70. The number of alkyl halides is 2. The van der Waals surface area contributed by atoms with E-state index < -0.39 is 12.5 Å². The van der Waals surface area contributed by atoms with Gasteiger partial charge in [-0.3, -0.25) is 0 Å². The molecule has 0 aliphatic heterocycles. The number of rotatable bonds is 6. The van der Waals surface area contributed by atoms with Crippen LogP contribution in [-0.4, -0.2) is 32.7 Å². The van der Waals surface area contributed by atoms with E-state index in [1.807, 2.05) is 0 Å². The maximum atomic E-state index is 12.9. The van der Waals surface area contributed by atoms with Crippen LogP contribution in [0, 0.1) is 5.92 Å². The highest BCUT2D eigenvalue weighted by Crippen LogP contribution is 2.25. The van der Waals surface area contributed by atoms with Crippen molar-refractivity contribution in [2.24, 2.45) is 5.92 Å². The van der Waals surface area contributed by atoms with Crippen molar-refractivity contribution in [2.45, 2.75) is 31.6 Å². The zero-order valence-electron chi connectivity index (χ0n) is 8.69. The van der Waals surface area contributed by atoms with Crippen molar-refractivity contribution < 1.29 is 13.5 Å². The summed E-state index contributed by atoms with van der Waals surface area (Å²) in [6.45, 7) is -0.263. The Kier molecular flexibility index (Phi) is 4.75. The van der Waals surface area contributed by atoms with Crippen LogP contribution >= 0.6 is 0 Å². The van der Waals surface area contributed by atoms with Gasteiger partial charge < -0.3 is 10.1 Å². The molecule has 0 heterocycles. The summed E-state index contributed by atoms with van der Waals surface area (Å²) in [6, 6.07) is 0. The van der Waals surface area contributed by atoms with E-state index in [4.69, 9.17) is 4.74 Å². The molecule has 0 spiro atoms. The fourth-order valence-corrected chi connectivity index (χ4v) is 1.86. The molecule has 0 aromatic rings. The van der Waals surface area contributed by atoms with Gasteiger partial charge in [-0.25, -0.2) is 8.78 Å². The molecule has 0 aromatic carbocycles. The van der Waals surface area contributed by atoms with E-state index in [0.29, 0.717) is 12.5 Å². The van der Waals surface area contributed by atoms with Crippen molar-refractivity contribution in [1.29, 1.82) is 0 Å². The third-order valence-electron chi connectivity index (χ3n) is 2.58. The van der Waals surface area contributed by atoms with E-state index in [0.717, 1.165) is 12.8 Å². The fraction of sp³-hybridized carbons (Fsp3) is 1.00. The van der Waals surface area contributed by atoms with Gasteiger partial charge in [-0.1, -0.05) is 12.8 Å². The summed E-state index contributed by atoms with van der Waals surface area (Å²) in [5.74, 6) is -2.21. The Morgan fingerprint density at radius 1 is 1.36 bits per heavy atom. The lowest BCUT2D eigenvalue weighted by Gasteiger charge is -2.17. The lowest BCUT2D eigenvalue weighted by molar-refractivity contribution is -0.0794. The summed E-state index contributed by atoms with van der Waals surface area (Å²) in [6.07, 6.45) is 4.72. The third-order valence-corrected chi connectivity index (χ3v) is 2.58. The molecule has 1 rings (SSSR count). The Morgan fingerprint density at radius 2 is 2.00 bits per heavy atom. The van der Waals surface area contributed by atoms with E-state index in [-0.39, 0.29) is 6.54 Å². The van der Waals surface area contributed by atoms with Gasteiger partial charge in [-0.15, -0.1) is 0 Å². The van der Waals surface area contributed by atoms with Crippen molar-refractivity contribution in [1.82, 2.24) is 5.32 Å². The van der Waals surface area contributed by atoms with Crippen molar-refractivity contribution >= 4 is 0 Å². The van der Waals surface area contributed by atoms with Crippen molar-refractivity contribution in [3.63, 3.8) is 0 Å². The van der Waals surface area contributed by atoms with Gasteiger partial charge in [-0.05, 0) is 25.8 Å². The maximum Gasteiger partial charge on any atom is 0.283 e. The summed E-state index contributed by atoms with van der Waals surface area (Å²) in [4.78, 5) is 0. The van der Waals surface area contributed by atoms with Crippen molar-refractivity contribution in [3.05, 3.63) is 0 Å². The molecule has 0 saturated heterocycles. The highest BCUT2D eigenvalue weighted by Gasteiger charge is 2.28. The van der Waals surface area contributed by atoms with E-state index in [9.17, 15) is 8.78 Å². The lowest BCUT2D eigenvalue weighted by Crippen LogP contribution is -2.35. The van der Waals surface area contributed by atoms with Gasteiger partial charge in [0.1, 0.15) is 6.61 Å². The van der Waals surface area contributed by atoms with Gasteiger partial charge in [0.2, 0.25) is 0 Å². The van der Waals surface area contributed by atoms with E-state index in [1.54, 1.807) is 0 Å². The molecule has 1 aliphatic carbocycles. The predicted molar refractivity (Wildman–Crippen MR) is 51.7 cm³/mol. The molecule has 4 heteroatoms. The van der Waals surface area contributed by atoms with Gasteiger partial charge >= 0.3 is 0 Å². The van der Waals surface area contributed by atoms with E-state index in [2.05, 4.69) is 5.32 Å². The maximum absolute atomic E-state index is 12.9. The zero-order chi connectivity index (χ0) is 10.4. The lowest BCUT2D eigenvalue weighted by atomic mass is 10.1. The van der Waals surface area contributed by atoms with Crippen molar-refractivity contribution in [3.8, 4) is 0 Å². The molecule has 0 radical (unpaired) electrons. The first-order chi connectivity index (χ1) is 6.64. The first kappa shape index (κ1) is 11.9. The third kappa shape index (κ3) is 4.33. The van der Waals surface area contributed by atoms with Crippen molar-refractivity contribution in [2.75, 3.05) is 26.8 Å².